The van der Waals surface area contributed by atoms with Crippen molar-refractivity contribution < 1.29 is 9.53 Å². The number of nitrogens with zero attached hydrogens (tertiary/aromatic N) is 4. The molecule has 0 radical (unpaired) electrons. The van der Waals surface area contributed by atoms with Gasteiger partial charge in [0.2, 0.25) is 0 Å². The summed E-state index contributed by atoms with van der Waals surface area (Å²) in [5.74, 6) is 1.45. The summed E-state index contributed by atoms with van der Waals surface area (Å²) in [5, 5.41) is 4.37. The lowest BCUT2D eigenvalue weighted by Gasteiger charge is -2.18. The zero-order valence-corrected chi connectivity index (χ0v) is 13.5. The molecular formula is C16H22N4O2. The molecule has 6 nitrogen and oxygen atoms in total. The Morgan fingerprint density at radius 3 is 2.41 bits per heavy atom. The van der Waals surface area contributed by atoms with Gasteiger partial charge in [-0.25, -0.2) is 4.98 Å². The van der Waals surface area contributed by atoms with Gasteiger partial charge >= 0.3 is 0 Å². The highest BCUT2D eigenvalue weighted by Crippen LogP contribution is 2.17. The summed E-state index contributed by atoms with van der Waals surface area (Å²) < 4.78 is 6.79. The van der Waals surface area contributed by atoms with Crippen molar-refractivity contribution >= 4 is 5.91 Å². The number of carbonyl (C=O) groups excluding carboxylic acids is 1. The second-order valence-electron chi connectivity index (χ2n) is 4.96. The van der Waals surface area contributed by atoms with Crippen LogP contribution in [0.4, 0.5) is 0 Å². The Morgan fingerprint density at radius 2 is 1.86 bits per heavy atom. The molecule has 6 heteroatoms. The van der Waals surface area contributed by atoms with E-state index in [1.807, 2.05) is 45.2 Å². The summed E-state index contributed by atoms with van der Waals surface area (Å²) in [5.41, 5.74) is 1.56. The first-order valence-electron chi connectivity index (χ1n) is 7.39. The molecule has 2 aromatic rings. The first-order chi connectivity index (χ1) is 10.6. The minimum atomic E-state index is 0.0469. The third kappa shape index (κ3) is 3.33. The summed E-state index contributed by atoms with van der Waals surface area (Å²) >= 11 is 0. The highest BCUT2D eigenvalue weighted by Gasteiger charge is 2.13. The zero-order chi connectivity index (χ0) is 16.1. The summed E-state index contributed by atoms with van der Waals surface area (Å²) in [6.45, 7) is 5.79. The van der Waals surface area contributed by atoms with E-state index in [0.717, 1.165) is 11.4 Å². The van der Waals surface area contributed by atoms with E-state index in [4.69, 9.17) is 4.74 Å². The molecule has 22 heavy (non-hydrogen) atoms. The molecule has 0 saturated carbocycles. The van der Waals surface area contributed by atoms with Gasteiger partial charge in [0.15, 0.2) is 11.6 Å². The molecular weight excluding hydrogens is 280 g/mol. The van der Waals surface area contributed by atoms with Gasteiger partial charge in [0.05, 0.1) is 0 Å². The number of aryl methyl sites for hydroxylation is 1. The molecule has 0 unspecified atom stereocenters. The van der Waals surface area contributed by atoms with Crippen LogP contribution in [-0.4, -0.2) is 45.8 Å². The maximum atomic E-state index is 12.3. The lowest BCUT2D eigenvalue weighted by atomic mass is 10.1. The fourth-order valence-electron chi connectivity index (χ4n) is 2.25. The monoisotopic (exact) mass is 302 g/mol. The quantitative estimate of drug-likeness (QED) is 0.820. The Bertz CT molecular complexity index is 630. The van der Waals surface area contributed by atoms with Crippen LogP contribution in [-0.2, 0) is 18.4 Å². The third-order valence-corrected chi connectivity index (χ3v) is 3.57. The van der Waals surface area contributed by atoms with Crippen molar-refractivity contribution in [1.29, 1.82) is 0 Å². The minimum Gasteiger partial charge on any atom is -0.377 e. The van der Waals surface area contributed by atoms with Gasteiger partial charge in [0, 0.05) is 38.4 Å². The van der Waals surface area contributed by atoms with Crippen LogP contribution in [0.3, 0.4) is 0 Å². The van der Waals surface area contributed by atoms with Gasteiger partial charge in [0.1, 0.15) is 6.61 Å². The van der Waals surface area contributed by atoms with Crippen LogP contribution in [0.1, 0.15) is 30.0 Å². The number of aromatic nitrogens is 3. The average molecular weight is 302 g/mol. The molecule has 2 rings (SSSR count). The van der Waals surface area contributed by atoms with E-state index >= 15 is 0 Å². The Morgan fingerprint density at radius 1 is 1.23 bits per heavy atom. The first-order valence-corrected chi connectivity index (χ1v) is 7.39. The van der Waals surface area contributed by atoms with Gasteiger partial charge < -0.3 is 9.64 Å². The van der Waals surface area contributed by atoms with Crippen molar-refractivity contribution in [2.24, 2.45) is 7.05 Å². The topological polar surface area (TPSA) is 60.3 Å². The molecule has 0 fully saturated rings. The molecule has 0 saturated heterocycles. The van der Waals surface area contributed by atoms with Crippen LogP contribution < -0.4 is 0 Å². The fourth-order valence-corrected chi connectivity index (χ4v) is 2.25. The Labute approximate surface area is 130 Å². The summed E-state index contributed by atoms with van der Waals surface area (Å²) in [6.07, 6.45) is 0. The smallest absolute Gasteiger partial charge is 0.253 e. The second-order valence-corrected chi connectivity index (χ2v) is 4.96. The molecule has 0 bridgehead atoms. The number of rotatable bonds is 6. The maximum Gasteiger partial charge on any atom is 0.253 e. The molecule has 1 heterocycles. The molecule has 0 spiro atoms. The highest BCUT2D eigenvalue weighted by molar-refractivity contribution is 5.94. The highest BCUT2D eigenvalue weighted by atomic mass is 16.5. The van der Waals surface area contributed by atoms with Crippen molar-refractivity contribution in [1.82, 2.24) is 19.7 Å². The van der Waals surface area contributed by atoms with Crippen LogP contribution in [0.2, 0.25) is 0 Å². The van der Waals surface area contributed by atoms with E-state index in [-0.39, 0.29) is 5.91 Å². The van der Waals surface area contributed by atoms with Crippen LogP contribution in [0.5, 0.6) is 0 Å². The number of hydrogen-bond acceptors (Lipinski definition) is 4. The van der Waals surface area contributed by atoms with E-state index in [2.05, 4.69) is 10.1 Å². The largest absolute Gasteiger partial charge is 0.377 e. The number of amides is 1. The van der Waals surface area contributed by atoms with Crippen LogP contribution in [0.25, 0.3) is 11.4 Å². The fraction of sp³-hybridized carbons (Fsp3) is 0.438. The summed E-state index contributed by atoms with van der Waals surface area (Å²) in [4.78, 5) is 18.5. The third-order valence-electron chi connectivity index (χ3n) is 3.57. The molecule has 1 aromatic heterocycles. The van der Waals surface area contributed by atoms with Gasteiger partial charge in [0.25, 0.3) is 5.91 Å². The Balaban J connectivity index is 2.21. The predicted molar refractivity (Wildman–Crippen MR) is 84.4 cm³/mol. The van der Waals surface area contributed by atoms with E-state index < -0.39 is 0 Å². The average Bonchev–Trinajstić information content (AvgIpc) is 2.90. The first kappa shape index (κ1) is 16.2. The summed E-state index contributed by atoms with van der Waals surface area (Å²) in [6, 6.07) is 7.40. The van der Waals surface area contributed by atoms with Gasteiger partial charge in [-0.05, 0) is 26.0 Å². The predicted octanol–water partition coefficient (Wildman–Crippen LogP) is 2.11. The van der Waals surface area contributed by atoms with Crippen molar-refractivity contribution in [2.45, 2.75) is 20.5 Å². The summed E-state index contributed by atoms with van der Waals surface area (Å²) in [7, 11) is 3.46. The van der Waals surface area contributed by atoms with E-state index in [9.17, 15) is 4.79 Å². The van der Waals surface area contributed by atoms with Crippen LogP contribution in [0, 0.1) is 0 Å². The molecule has 1 aromatic carbocycles. The number of carbonyl (C=O) groups is 1. The number of benzene rings is 1. The normalized spacial score (nSPS) is 10.7. The van der Waals surface area contributed by atoms with Gasteiger partial charge in [-0.2, -0.15) is 5.10 Å². The van der Waals surface area contributed by atoms with Gasteiger partial charge in [-0.1, -0.05) is 12.1 Å². The van der Waals surface area contributed by atoms with E-state index in [0.29, 0.717) is 31.1 Å². The molecule has 1 amide bonds. The number of methoxy groups -OCH3 is 1. The van der Waals surface area contributed by atoms with Crippen LogP contribution >= 0.6 is 0 Å². The van der Waals surface area contributed by atoms with Crippen molar-refractivity contribution in [2.75, 3.05) is 20.2 Å². The lowest BCUT2D eigenvalue weighted by molar-refractivity contribution is 0.0773. The maximum absolute atomic E-state index is 12.3. The SMILES string of the molecule is CCN(CC)C(=O)c1ccc(-c2nc(COC)n(C)n2)cc1. The molecule has 118 valence electrons. The van der Waals surface area contributed by atoms with E-state index in [1.165, 1.54) is 0 Å². The molecule has 0 atom stereocenters. The Kier molecular flexibility index (Phi) is 5.27. The van der Waals surface area contributed by atoms with Crippen molar-refractivity contribution in [3.05, 3.63) is 35.7 Å². The molecule has 0 N–H and O–H groups in total. The van der Waals surface area contributed by atoms with Crippen molar-refractivity contribution in [3.63, 3.8) is 0 Å². The molecule has 0 aliphatic rings. The molecule has 0 aliphatic heterocycles. The van der Waals surface area contributed by atoms with Gasteiger partial charge in [-0.15, -0.1) is 0 Å². The minimum absolute atomic E-state index is 0.0469. The van der Waals surface area contributed by atoms with Gasteiger partial charge in [-0.3, -0.25) is 9.48 Å². The number of hydrogen-bond donors (Lipinski definition) is 0. The number of ether oxygens (including phenoxy) is 1. The lowest BCUT2D eigenvalue weighted by Crippen LogP contribution is -2.30. The standard InChI is InChI=1S/C16H22N4O2/c1-5-20(6-2)16(21)13-9-7-12(8-10-13)15-17-14(11-22-4)19(3)18-15/h7-10H,5-6,11H2,1-4H3. The Hall–Kier alpha value is -2.21. The van der Waals surface area contributed by atoms with E-state index in [1.54, 1.807) is 16.7 Å². The second kappa shape index (κ2) is 7.17. The van der Waals surface area contributed by atoms with Crippen LogP contribution in [0.15, 0.2) is 24.3 Å². The van der Waals surface area contributed by atoms with Crippen molar-refractivity contribution in [3.8, 4) is 11.4 Å². The zero-order valence-electron chi connectivity index (χ0n) is 13.5. The molecule has 0 aliphatic carbocycles.